The van der Waals surface area contributed by atoms with E-state index in [-0.39, 0.29) is 0 Å². The highest BCUT2D eigenvalue weighted by atomic mass is 79.9. The quantitative estimate of drug-likeness (QED) is 0.799. The second-order valence-electron chi connectivity index (χ2n) is 3.32. The van der Waals surface area contributed by atoms with Crippen LogP contribution in [0.25, 0.3) is 5.82 Å². The first-order chi connectivity index (χ1) is 7.31. The summed E-state index contributed by atoms with van der Waals surface area (Å²) < 4.78 is 1.87. The van der Waals surface area contributed by atoms with Crippen LogP contribution in [0.4, 0.5) is 0 Å². The van der Waals surface area contributed by atoms with Gasteiger partial charge in [0, 0.05) is 23.6 Å². The highest BCUT2D eigenvalue weighted by Gasteiger charge is 2.05. The van der Waals surface area contributed by atoms with E-state index in [4.69, 9.17) is 0 Å². The van der Waals surface area contributed by atoms with Crippen LogP contribution >= 0.6 is 15.9 Å². The molecule has 78 valence electrons. The van der Waals surface area contributed by atoms with Gasteiger partial charge < -0.3 is 0 Å². The number of hydrogen-bond donors (Lipinski definition) is 0. The first kappa shape index (κ1) is 10.4. The minimum Gasteiger partial charge on any atom is -0.237 e. The van der Waals surface area contributed by atoms with Crippen molar-refractivity contribution in [1.82, 2.24) is 14.8 Å². The van der Waals surface area contributed by atoms with Crippen molar-refractivity contribution in [1.29, 1.82) is 0 Å². The third-order valence-corrected chi connectivity index (χ3v) is 2.55. The summed E-state index contributed by atoms with van der Waals surface area (Å²) in [7, 11) is 0. The summed E-state index contributed by atoms with van der Waals surface area (Å²) >= 11 is 3.41. The van der Waals surface area contributed by atoms with Gasteiger partial charge in [0.15, 0.2) is 5.82 Å². The Morgan fingerprint density at radius 1 is 1.40 bits per heavy atom. The fourth-order valence-electron chi connectivity index (χ4n) is 1.47. The van der Waals surface area contributed by atoms with Gasteiger partial charge in [0.2, 0.25) is 0 Å². The van der Waals surface area contributed by atoms with Gasteiger partial charge in [0.25, 0.3) is 0 Å². The van der Waals surface area contributed by atoms with Crippen molar-refractivity contribution >= 4 is 15.9 Å². The standard InChI is InChI=1S/C11H12BrN3/c1-9-8-10(5-6-12)14-15(9)11-4-2-3-7-13-11/h2-4,7-8H,5-6H2,1H3. The van der Waals surface area contributed by atoms with Gasteiger partial charge in [-0.3, -0.25) is 0 Å². The molecule has 0 atom stereocenters. The maximum absolute atomic E-state index is 4.49. The molecule has 15 heavy (non-hydrogen) atoms. The zero-order valence-corrected chi connectivity index (χ0v) is 10.1. The van der Waals surface area contributed by atoms with E-state index in [2.05, 4.69) is 32.1 Å². The van der Waals surface area contributed by atoms with E-state index in [1.807, 2.05) is 29.8 Å². The molecule has 0 saturated carbocycles. The zero-order valence-electron chi connectivity index (χ0n) is 8.52. The molecule has 2 aromatic heterocycles. The van der Waals surface area contributed by atoms with Crippen molar-refractivity contribution in [3.8, 4) is 5.82 Å². The number of hydrogen-bond acceptors (Lipinski definition) is 2. The maximum atomic E-state index is 4.49. The van der Waals surface area contributed by atoms with Crippen molar-refractivity contribution in [2.45, 2.75) is 13.3 Å². The fraction of sp³-hybridized carbons (Fsp3) is 0.273. The number of aromatic nitrogens is 3. The Morgan fingerprint density at radius 3 is 2.93 bits per heavy atom. The van der Waals surface area contributed by atoms with Crippen molar-refractivity contribution in [3.63, 3.8) is 0 Å². The molecule has 0 amide bonds. The molecular weight excluding hydrogens is 254 g/mol. The van der Waals surface area contributed by atoms with Gasteiger partial charge in [0.05, 0.1) is 5.69 Å². The van der Waals surface area contributed by atoms with Crippen LogP contribution in [0.2, 0.25) is 0 Å². The lowest BCUT2D eigenvalue weighted by atomic mass is 10.3. The minimum atomic E-state index is 0.871. The third kappa shape index (κ3) is 2.26. The van der Waals surface area contributed by atoms with Crippen LogP contribution in [0.5, 0.6) is 0 Å². The normalized spacial score (nSPS) is 10.5. The Kier molecular flexibility index (Phi) is 3.16. The molecule has 0 N–H and O–H groups in total. The number of rotatable bonds is 3. The second-order valence-corrected chi connectivity index (χ2v) is 4.11. The molecule has 0 unspecified atom stereocenters. The van der Waals surface area contributed by atoms with Crippen molar-refractivity contribution in [2.24, 2.45) is 0 Å². The first-order valence-electron chi connectivity index (χ1n) is 4.84. The average Bonchev–Trinajstić information content (AvgIpc) is 2.61. The lowest BCUT2D eigenvalue weighted by Crippen LogP contribution is -2.01. The van der Waals surface area contributed by atoms with Crippen LogP contribution in [-0.4, -0.2) is 20.1 Å². The Labute approximate surface area is 97.3 Å². The van der Waals surface area contributed by atoms with Gasteiger partial charge in [-0.25, -0.2) is 9.67 Å². The third-order valence-electron chi connectivity index (χ3n) is 2.15. The smallest absolute Gasteiger partial charge is 0.153 e. The molecule has 0 saturated heterocycles. The predicted octanol–water partition coefficient (Wildman–Crippen LogP) is 2.51. The Hall–Kier alpha value is -1.16. The number of halogens is 1. The number of alkyl halides is 1. The van der Waals surface area contributed by atoms with E-state index in [0.29, 0.717) is 0 Å². The molecule has 3 nitrogen and oxygen atoms in total. The van der Waals surface area contributed by atoms with Crippen LogP contribution in [0, 0.1) is 6.92 Å². The molecule has 0 aliphatic heterocycles. The number of nitrogens with zero attached hydrogens (tertiary/aromatic N) is 3. The van der Waals surface area contributed by atoms with E-state index < -0.39 is 0 Å². The second kappa shape index (κ2) is 4.57. The number of pyridine rings is 1. The molecule has 0 spiro atoms. The summed E-state index contributed by atoms with van der Waals surface area (Å²) in [5, 5.41) is 5.43. The van der Waals surface area contributed by atoms with Gasteiger partial charge in [0.1, 0.15) is 0 Å². The van der Waals surface area contributed by atoms with Crippen LogP contribution < -0.4 is 0 Å². The Balaban J connectivity index is 2.36. The summed E-state index contributed by atoms with van der Waals surface area (Å²) in [4.78, 5) is 4.27. The molecule has 0 radical (unpaired) electrons. The predicted molar refractivity (Wildman–Crippen MR) is 63.6 cm³/mol. The maximum Gasteiger partial charge on any atom is 0.153 e. The van der Waals surface area contributed by atoms with Crippen LogP contribution in [0.15, 0.2) is 30.5 Å². The highest BCUT2D eigenvalue weighted by Crippen LogP contribution is 2.10. The summed E-state index contributed by atoms with van der Waals surface area (Å²) in [6, 6.07) is 7.92. The van der Waals surface area contributed by atoms with Gasteiger partial charge in [-0.15, -0.1) is 0 Å². The van der Waals surface area contributed by atoms with Crippen LogP contribution in [0.3, 0.4) is 0 Å². The van der Waals surface area contributed by atoms with E-state index >= 15 is 0 Å². The lowest BCUT2D eigenvalue weighted by molar-refractivity contribution is 0.795. The summed E-state index contributed by atoms with van der Waals surface area (Å²) in [6.07, 6.45) is 2.72. The zero-order chi connectivity index (χ0) is 10.7. The molecular formula is C11H12BrN3. The van der Waals surface area contributed by atoms with Crippen molar-refractivity contribution in [3.05, 3.63) is 41.9 Å². The lowest BCUT2D eigenvalue weighted by Gasteiger charge is -2.01. The van der Waals surface area contributed by atoms with E-state index in [0.717, 1.165) is 29.0 Å². The minimum absolute atomic E-state index is 0.871. The highest BCUT2D eigenvalue weighted by molar-refractivity contribution is 9.09. The molecule has 0 aliphatic carbocycles. The van der Waals surface area contributed by atoms with Gasteiger partial charge in [-0.2, -0.15) is 5.10 Å². The van der Waals surface area contributed by atoms with Crippen LogP contribution in [0.1, 0.15) is 11.4 Å². The average molecular weight is 266 g/mol. The van der Waals surface area contributed by atoms with Gasteiger partial charge >= 0.3 is 0 Å². The van der Waals surface area contributed by atoms with Crippen molar-refractivity contribution < 1.29 is 0 Å². The topological polar surface area (TPSA) is 30.7 Å². The monoisotopic (exact) mass is 265 g/mol. The van der Waals surface area contributed by atoms with Crippen molar-refractivity contribution in [2.75, 3.05) is 5.33 Å². The largest absolute Gasteiger partial charge is 0.237 e. The SMILES string of the molecule is Cc1cc(CCBr)nn1-c1ccccn1. The van der Waals surface area contributed by atoms with Gasteiger partial charge in [-0.1, -0.05) is 22.0 Å². The molecule has 2 heterocycles. The molecule has 0 bridgehead atoms. The molecule has 2 rings (SSSR count). The first-order valence-corrected chi connectivity index (χ1v) is 5.96. The molecule has 2 aromatic rings. The van der Waals surface area contributed by atoms with E-state index in [1.165, 1.54) is 0 Å². The summed E-state index contributed by atoms with van der Waals surface area (Å²) in [6.45, 7) is 2.04. The fourth-order valence-corrected chi connectivity index (χ4v) is 1.87. The molecule has 0 aliphatic rings. The molecule has 0 aromatic carbocycles. The summed E-state index contributed by atoms with van der Waals surface area (Å²) in [5.74, 6) is 0.871. The van der Waals surface area contributed by atoms with Crippen LogP contribution in [-0.2, 0) is 6.42 Å². The summed E-state index contributed by atoms with van der Waals surface area (Å²) in [5.41, 5.74) is 2.21. The molecule has 0 fully saturated rings. The molecule has 4 heteroatoms. The Morgan fingerprint density at radius 2 is 2.27 bits per heavy atom. The van der Waals surface area contributed by atoms with E-state index in [1.54, 1.807) is 6.20 Å². The van der Waals surface area contributed by atoms with Gasteiger partial charge in [-0.05, 0) is 25.1 Å². The number of aryl methyl sites for hydroxylation is 2. The Bertz CT molecular complexity index is 436. The van der Waals surface area contributed by atoms with E-state index in [9.17, 15) is 0 Å².